The third kappa shape index (κ3) is 5.11. The third-order valence-electron chi connectivity index (χ3n) is 3.12. The van der Waals surface area contributed by atoms with Gasteiger partial charge in [-0.3, -0.25) is 4.79 Å². The van der Waals surface area contributed by atoms with Crippen molar-refractivity contribution in [3.63, 3.8) is 0 Å². The van der Waals surface area contributed by atoms with E-state index in [0.29, 0.717) is 0 Å². The molecule has 0 saturated heterocycles. The standard InChI is InChI=1S/C15H22BrNO2S/c1-4-17-15(2,14(18)19-3)10-7-11-20-13-9-6-5-8-12(13)16/h5-6,8-9,17H,4,7,10-11H2,1-3H3. The van der Waals surface area contributed by atoms with Crippen molar-refractivity contribution in [1.82, 2.24) is 5.32 Å². The van der Waals surface area contributed by atoms with Crippen LogP contribution in [-0.4, -0.2) is 30.9 Å². The van der Waals surface area contributed by atoms with Gasteiger partial charge in [0.15, 0.2) is 0 Å². The molecule has 1 aromatic rings. The van der Waals surface area contributed by atoms with E-state index >= 15 is 0 Å². The topological polar surface area (TPSA) is 38.3 Å². The monoisotopic (exact) mass is 359 g/mol. The quantitative estimate of drug-likeness (QED) is 0.434. The highest BCUT2D eigenvalue weighted by Gasteiger charge is 2.32. The van der Waals surface area contributed by atoms with Gasteiger partial charge in [-0.15, -0.1) is 11.8 Å². The van der Waals surface area contributed by atoms with E-state index in [0.717, 1.165) is 29.6 Å². The molecule has 0 aliphatic carbocycles. The molecule has 0 fully saturated rings. The molecule has 0 heterocycles. The second-order valence-corrected chi connectivity index (χ2v) is 6.73. The van der Waals surface area contributed by atoms with Crippen molar-refractivity contribution in [2.45, 2.75) is 37.1 Å². The maximum atomic E-state index is 11.8. The predicted molar refractivity (Wildman–Crippen MR) is 88.2 cm³/mol. The molecule has 0 spiro atoms. The highest BCUT2D eigenvalue weighted by atomic mass is 79.9. The van der Waals surface area contributed by atoms with Crippen molar-refractivity contribution in [1.29, 1.82) is 0 Å². The molecule has 0 radical (unpaired) electrons. The van der Waals surface area contributed by atoms with E-state index in [-0.39, 0.29) is 5.97 Å². The number of benzene rings is 1. The lowest BCUT2D eigenvalue weighted by Crippen LogP contribution is -2.50. The molecule has 0 amide bonds. The first kappa shape index (κ1) is 17.5. The fourth-order valence-corrected chi connectivity index (χ4v) is 3.57. The molecule has 112 valence electrons. The normalized spacial score (nSPS) is 13.8. The van der Waals surface area contributed by atoms with Gasteiger partial charge in [0.25, 0.3) is 0 Å². The maximum absolute atomic E-state index is 11.8. The van der Waals surface area contributed by atoms with Crippen molar-refractivity contribution in [3.05, 3.63) is 28.7 Å². The lowest BCUT2D eigenvalue weighted by molar-refractivity contribution is -0.148. The van der Waals surface area contributed by atoms with Crippen LogP contribution in [0.1, 0.15) is 26.7 Å². The molecule has 0 aromatic heterocycles. The van der Waals surface area contributed by atoms with Crippen LogP contribution in [0.5, 0.6) is 0 Å². The fraction of sp³-hybridized carbons (Fsp3) is 0.533. The summed E-state index contributed by atoms with van der Waals surface area (Å²) in [6, 6.07) is 8.18. The van der Waals surface area contributed by atoms with E-state index in [4.69, 9.17) is 4.74 Å². The van der Waals surface area contributed by atoms with Crippen LogP contribution in [0, 0.1) is 0 Å². The highest BCUT2D eigenvalue weighted by Crippen LogP contribution is 2.28. The summed E-state index contributed by atoms with van der Waals surface area (Å²) in [7, 11) is 1.44. The van der Waals surface area contributed by atoms with Gasteiger partial charge in [0, 0.05) is 9.37 Å². The minimum absolute atomic E-state index is 0.190. The highest BCUT2D eigenvalue weighted by molar-refractivity contribution is 9.10. The van der Waals surface area contributed by atoms with Gasteiger partial charge in [0.2, 0.25) is 0 Å². The van der Waals surface area contributed by atoms with Gasteiger partial charge in [0.05, 0.1) is 7.11 Å². The molecule has 1 unspecified atom stereocenters. The number of methoxy groups -OCH3 is 1. The van der Waals surface area contributed by atoms with Crippen molar-refractivity contribution in [2.24, 2.45) is 0 Å². The van der Waals surface area contributed by atoms with Crippen LogP contribution in [0.25, 0.3) is 0 Å². The first-order valence-electron chi connectivity index (χ1n) is 6.74. The third-order valence-corrected chi connectivity index (χ3v) is 5.23. The second-order valence-electron chi connectivity index (χ2n) is 4.74. The zero-order valence-electron chi connectivity index (χ0n) is 12.2. The van der Waals surface area contributed by atoms with Gasteiger partial charge in [-0.2, -0.15) is 0 Å². The summed E-state index contributed by atoms with van der Waals surface area (Å²) < 4.78 is 6.00. The first-order chi connectivity index (χ1) is 9.53. The minimum atomic E-state index is -0.585. The molecule has 0 bridgehead atoms. The largest absolute Gasteiger partial charge is 0.468 e. The average Bonchev–Trinajstić information content (AvgIpc) is 2.44. The Morgan fingerprint density at radius 2 is 2.15 bits per heavy atom. The van der Waals surface area contributed by atoms with Gasteiger partial charge < -0.3 is 10.1 Å². The Balaban J connectivity index is 2.45. The number of carbonyl (C=O) groups is 1. The predicted octanol–water partition coefficient (Wildman–Crippen LogP) is 3.86. The number of carbonyl (C=O) groups excluding carboxylic acids is 1. The van der Waals surface area contributed by atoms with E-state index in [1.165, 1.54) is 12.0 Å². The molecule has 1 rings (SSSR count). The summed E-state index contributed by atoms with van der Waals surface area (Å²) in [6.45, 7) is 4.66. The summed E-state index contributed by atoms with van der Waals surface area (Å²) in [5.74, 6) is 0.783. The number of esters is 1. The number of likely N-dealkylation sites (N-methyl/N-ethyl adjacent to an activating group) is 1. The molecule has 1 N–H and O–H groups in total. The average molecular weight is 360 g/mol. The van der Waals surface area contributed by atoms with Crippen molar-refractivity contribution >= 4 is 33.7 Å². The number of ether oxygens (including phenoxy) is 1. The molecule has 0 aliphatic heterocycles. The van der Waals surface area contributed by atoms with E-state index in [1.807, 2.05) is 32.0 Å². The summed E-state index contributed by atoms with van der Waals surface area (Å²) >= 11 is 5.34. The number of hydrogen-bond acceptors (Lipinski definition) is 4. The molecule has 0 saturated carbocycles. The lowest BCUT2D eigenvalue weighted by Gasteiger charge is -2.27. The second kappa shape index (κ2) is 8.70. The minimum Gasteiger partial charge on any atom is -0.468 e. The first-order valence-corrected chi connectivity index (χ1v) is 8.52. The summed E-state index contributed by atoms with van der Waals surface area (Å²) in [5.41, 5.74) is -0.585. The van der Waals surface area contributed by atoms with Crippen LogP contribution >= 0.6 is 27.7 Å². The van der Waals surface area contributed by atoms with Gasteiger partial charge in [-0.25, -0.2) is 0 Å². The Morgan fingerprint density at radius 1 is 1.45 bits per heavy atom. The summed E-state index contributed by atoms with van der Waals surface area (Å²) in [6.07, 6.45) is 1.72. The lowest BCUT2D eigenvalue weighted by atomic mass is 9.96. The van der Waals surface area contributed by atoms with Crippen molar-refractivity contribution in [2.75, 3.05) is 19.4 Å². The van der Waals surface area contributed by atoms with Gasteiger partial charge in [-0.1, -0.05) is 19.1 Å². The van der Waals surface area contributed by atoms with Crippen LogP contribution in [-0.2, 0) is 9.53 Å². The fourth-order valence-electron chi connectivity index (χ4n) is 2.05. The van der Waals surface area contributed by atoms with Crippen LogP contribution in [0.3, 0.4) is 0 Å². The Morgan fingerprint density at radius 3 is 2.75 bits per heavy atom. The number of rotatable bonds is 8. The number of halogens is 1. The molecule has 5 heteroatoms. The summed E-state index contributed by atoms with van der Waals surface area (Å²) in [5, 5.41) is 3.23. The van der Waals surface area contributed by atoms with Crippen LogP contribution in [0.15, 0.2) is 33.6 Å². The van der Waals surface area contributed by atoms with E-state index in [2.05, 4.69) is 27.3 Å². The maximum Gasteiger partial charge on any atom is 0.325 e. The Hall–Kier alpha value is -0.520. The molecular formula is C15H22BrNO2S. The molecule has 0 aliphatic rings. The summed E-state index contributed by atoms with van der Waals surface area (Å²) in [4.78, 5) is 13.1. The molecular weight excluding hydrogens is 338 g/mol. The van der Waals surface area contributed by atoms with E-state index in [9.17, 15) is 4.79 Å². The molecule has 20 heavy (non-hydrogen) atoms. The van der Waals surface area contributed by atoms with Crippen LogP contribution < -0.4 is 5.32 Å². The van der Waals surface area contributed by atoms with Crippen LogP contribution in [0.4, 0.5) is 0 Å². The van der Waals surface area contributed by atoms with Crippen molar-refractivity contribution in [3.8, 4) is 0 Å². The smallest absolute Gasteiger partial charge is 0.325 e. The zero-order valence-corrected chi connectivity index (χ0v) is 14.6. The number of thioether (sulfide) groups is 1. The van der Waals surface area contributed by atoms with E-state index < -0.39 is 5.54 Å². The molecule has 1 atom stereocenters. The molecule has 1 aromatic carbocycles. The van der Waals surface area contributed by atoms with Crippen molar-refractivity contribution < 1.29 is 9.53 Å². The van der Waals surface area contributed by atoms with Crippen LogP contribution in [0.2, 0.25) is 0 Å². The Kier molecular flexibility index (Phi) is 7.62. The van der Waals surface area contributed by atoms with Gasteiger partial charge >= 0.3 is 5.97 Å². The van der Waals surface area contributed by atoms with Gasteiger partial charge in [0.1, 0.15) is 5.54 Å². The number of nitrogens with one attached hydrogen (secondary N) is 1. The Bertz CT molecular complexity index is 442. The molecule has 3 nitrogen and oxygen atoms in total. The SMILES string of the molecule is CCNC(C)(CCCSc1ccccc1Br)C(=O)OC. The van der Waals surface area contributed by atoms with Gasteiger partial charge in [-0.05, 0) is 60.1 Å². The Labute approximate surface area is 134 Å². The van der Waals surface area contributed by atoms with E-state index in [1.54, 1.807) is 11.8 Å². The zero-order chi connectivity index (χ0) is 15.0. The number of hydrogen-bond donors (Lipinski definition) is 1.